The van der Waals surface area contributed by atoms with E-state index in [-0.39, 0.29) is 12.1 Å². The van der Waals surface area contributed by atoms with Crippen molar-refractivity contribution in [2.75, 3.05) is 0 Å². The maximum absolute atomic E-state index is 8.00. The molecular formula is C6H12Cl3N3O2Pt-3. The average molecular weight is 460 g/mol. The molecular weight excluding hydrogens is 448 g/mol. The summed E-state index contributed by atoms with van der Waals surface area (Å²) in [6.45, 7) is 0. The molecule has 1 aliphatic carbocycles. The van der Waals surface area contributed by atoms with Crippen molar-refractivity contribution in [2.24, 2.45) is 5.34 Å². The molecule has 0 aromatic heterocycles. The molecule has 1 saturated carbocycles. The molecule has 0 bridgehead atoms. The Morgan fingerprint density at radius 3 is 1.47 bits per heavy atom. The molecule has 0 spiro atoms. The van der Waals surface area contributed by atoms with Gasteiger partial charge in [0.1, 0.15) is 0 Å². The van der Waals surface area contributed by atoms with Crippen molar-refractivity contribution in [1.82, 2.24) is 0 Å². The number of hydrogen-bond acceptors (Lipinski definition) is 3. The molecule has 0 saturated heterocycles. The van der Waals surface area contributed by atoms with Gasteiger partial charge in [-0.25, -0.2) is 0 Å². The second kappa shape index (κ2) is 12.9. The molecule has 1 aliphatic rings. The van der Waals surface area contributed by atoms with Crippen LogP contribution in [-0.4, -0.2) is 12.1 Å². The van der Waals surface area contributed by atoms with Crippen LogP contribution in [0.15, 0.2) is 5.34 Å². The topological polar surface area (TPSA) is 100 Å². The van der Waals surface area contributed by atoms with Crippen molar-refractivity contribution in [3.63, 3.8) is 0 Å². The molecule has 15 heavy (non-hydrogen) atoms. The van der Waals surface area contributed by atoms with Crippen LogP contribution in [0.3, 0.4) is 0 Å². The van der Waals surface area contributed by atoms with Gasteiger partial charge in [0.05, 0.1) is 0 Å². The molecule has 1 fully saturated rings. The predicted molar refractivity (Wildman–Crippen MR) is 61.4 cm³/mol. The Morgan fingerprint density at radius 1 is 1.13 bits per heavy atom. The minimum atomic E-state index is -1.85. The Morgan fingerprint density at radius 2 is 1.33 bits per heavy atom. The molecule has 0 aromatic carbocycles. The summed E-state index contributed by atoms with van der Waals surface area (Å²) in [5.41, 5.74) is 14.6. The van der Waals surface area contributed by atoms with Gasteiger partial charge in [-0.15, -0.1) is 5.34 Å². The van der Waals surface area contributed by atoms with Gasteiger partial charge in [0.25, 0.3) is 0 Å². The molecule has 0 amide bonds. The van der Waals surface area contributed by atoms with Crippen LogP contribution < -0.4 is 0 Å². The van der Waals surface area contributed by atoms with Gasteiger partial charge in [-0.2, -0.15) is 12.1 Å². The fraction of sp³-hybridized carbons (Fsp3) is 1.00. The van der Waals surface area contributed by atoms with E-state index in [0.717, 1.165) is 18.2 Å². The number of hydrogen-bond donors (Lipinski definition) is 0. The zero-order valence-corrected chi connectivity index (χ0v) is 12.2. The normalized spacial score (nSPS) is 25.0. The van der Waals surface area contributed by atoms with E-state index in [1.165, 1.54) is 12.8 Å². The summed E-state index contributed by atoms with van der Waals surface area (Å²) < 4.78 is 0. The summed E-state index contributed by atoms with van der Waals surface area (Å²) in [6, 6.07) is -0.160. The first kappa shape index (κ1) is 18.2. The van der Waals surface area contributed by atoms with Crippen LogP contribution in [0.2, 0.25) is 0 Å². The SMILES string of the molecule is O=N[O-].[Cl][Pt]([Cl])[Cl].[NH-]C1CCCCC1[NH-]. The molecule has 5 nitrogen and oxygen atoms in total. The van der Waals surface area contributed by atoms with Crippen LogP contribution in [0.1, 0.15) is 25.7 Å². The number of nitrogens with zero attached hydrogens (tertiary/aromatic N) is 1. The zero-order valence-electron chi connectivity index (χ0n) is 7.70. The van der Waals surface area contributed by atoms with Gasteiger partial charge >= 0.3 is 42.4 Å². The van der Waals surface area contributed by atoms with Crippen molar-refractivity contribution in [1.29, 1.82) is 0 Å². The molecule has 2 atom stereocenters. The third-order valence-corrected chi connectivity index (χ3v) is 1.77. The van der Waals surface area contributed by atoms with Gasteiger partial charge in [-0.1, -0.05) is 25.7 Å². The standard InChI is InChI=1S/C6H12N2.3ClH.HNO2.Pt/c7-5-3-1-2-4-6(5)8;;;;2-1-3;/h5-8H,1-4H2;3*1H;(H,2,3);/q-2;;;;;+3/p-4. The molecule has 2 N–H and O–H groups in total. The smallest absolute Gasteiger partial charge is 0.0548 e. The van der Waals surface area contributed by atoms with E-state index in [0.29, 0.717) is 0 Å². The number of rotatable bonds is 0. The maximum atomic E-state index is 8.00. The van der Waals surface area contributed by atoms with E-state index in [2.05, 4.69) is 0 Å². The van der Waals surface area contributed by atoms with Crippen molar-refractivity contribution in [3.8, 4) is 0 Å². The van der Waals surface area contributed by atoms with Crippen LogP contribution >= 0.6 is 28.3 Å². The minimum Gasteiger partial charge on any atom is -0.676 e. The average Bonchev–Trinajstić information content (AvgIpc) is 2.10. The van der Waals surface area contributed by atoms with Crippen LogP contribution in [0.25, 0.3) is 11.5 Å². The minimum absolute atomic E-state index is 0.0799. The second-order valence-corrected chi connectivity index (χ2v) is 12.6. The summed E-state index contributed by atoms with van der Waals surface area (Å²) in [5, 5.41) is 9.00. The van der Waals surface area contributed by atoms with Gasteiger partial charge in [-0.3, -0.25) is 0 Å². The third kappa shape index (κ3) is 17.5. The molecule has 1 rings (SSSR count). The molecule has 0 heterocycles. The maximum Gasteiger partial charge on any atom is -0.0548 e. The van der Waals surface area contributed by atoms with Gasteiger partial charge in [0.2, 0.25) is 0 Å². The first-order valence-electron chi connectivity index (χ1n) is 3.95. The largest absolute Gasteiger partial charge is 0.676 e. The van der Waals surface area contributed by atoms with E-state index < -0.39 is 14.2 Å². The van der Waals surface area contributed by atoms with Crippen LogP contribution in [-0.2, 0) is 14.2 Å². The Labute approximate surface area is 107 Å². The summed E-state index contributed by atoms with van der Waals surface area (Å²) in [7, 11) is 14.9. The van der Waals surface area contributed by atoms with E-state index in [1.54, 1.807) is 0 Å². The van der Waals surface area contributed by atoms with Crippen molar-refractivity contribution >= 4 is 28.3 Å². The Hall–Kier alpha value is 0.878. The Balaban J connectivity index is 0. The third-order valence-electron chi connectivity index (χ3n) is 1.77. The summed E-state index contributed by atoms with van der Waals surface area (Å²) in [4.78, 5) is 8.00. The van der Waals surface area contributed by atoms with E-state index in [1.807, 2.05) is 0 Å². The Bertz CT molecular complexity index is 143. The zero-order chi connectivity index (χ0) is 12.3. The van der Waals surface area contributed by atoms with E-state index >= 15 is 0 Å². The Kier molecular flexibility index (Phi) is 15.7. The molecule has 9 heteroatoms. The molecule has 2 unspecified atom stereocenters. The van der Waals surface area contributed by atoms with Crippen molar-refractivity contribution < 1.29 is 14.2 Å². The van der Waals surface area contributed by atoms with Gasteiger partial charge in [0.15, 0.2) is 0 Å². The number of halogens is 3. The quantitative estimate of drug-likeness (QED) is 0.387. The van der Waals surface area contributed by atoms with Gasteiger partial charge in [0, 0.05) is 0 Å². The van der Waals surface area contributed by atoms with Crippen LogP contribution in [0.5, 0.6) is 0 Å². The van der Waals surface area contributed by atoms with Crippen LogP contribution in [0.4, 0.5) is 0 Å². The van der Waals surface area contributed by atoms with Crippen LogP contribution in [0, 0.1) is 10.1 Å². The number of nitrogens with one attached hydrogen (secondary N) is 2. The van der Waals surface area contributed by atoms with E-state index in [4.69, 9.17) is 49.8 Å². The molecule has 0 radical (unpaired) electrons. The molecule has 0 aromatic rings. The summed E-state index contributed by atoms with van der Waals surface area (Å²) in [5.74, 6) is 0. The van der Waals surface area contributed by atoms with Gasteiger partial charge in [-0.05, 0) is 0 Å². The first-order valence-corrected chi connectivity index (χ1v) is 12.4. The van der Waals surface area contributed by atoms with Gasteiger partial charge < -0.3 is 21.6 Å². The first-order chi connectivity index (χ1) is 6.95. The van der Waals surface area contributed by atoms with Crippen molar-refractivity contribution in [3.05, 3.63) is 21.6 Å². The molecule has 97 valence electrons. The fourth-order valence-electron chi connectivity index (χ4n) is 1.13. The fourth-order valence-corrected chi connectivity index (χ4v) is 1.13. The monoisotopic (exact) mass is 458 g/mol. The van der Waals surface area contributed by atoms with Crippen molar-refractivity contribution in [2.45, 2.75) is 37.8 Å². The summed E-state index contributed by atoms with van der Waals surface area (Å²) in [6.07, 6.45) is 4.25. The molecule has 0 aliphatic heterocycles. The van der Waals surface area contributed by atoms with E-state index in [9.17, 15) is 0 Å². The predicted octanol–water partition coefficient (Wildman–Crippen LogP) is 4.72. The second-order valence-electron chi connectivity index (χ2n) is 2.71. The summed E-state index contributed by atoms with van der Waals surface area (Å²) >= 11 is -1.85.